The third kappa shape index (κ3) is 3.13. The Balaban J connectivity index is 2.35. The smallest absolute Gasteiger partial charge is 0.0337 e. The van der Waals surface area contributed by atoms with Crippen LogP contribution in [-0.4, -0.2) is 29.4 Å². The van der Waals surface area contributed by atoms with Gasteiger partial charge < -0.3 is 4.90 Å². The molecule has 0 aromatic carbocycles. The molecule has 0 bridgehead atoms. The largest absolute Gasteiger partial charge is 0.300 e. The Morgan fingerprint density at radius 2 is 1.57 bits per heavy atom. The fourth-order valence-corrected chi connectivity index (χ4v) is 2.46. The van der Waals surface area contributed by atoms with Crippen molar-refractivity contribution >= 4 is 11.6 Å². The first-order valence-electron chi connectivity index (χ1n) is 5.90. The van der Waals surface area contributed by atoms with Gasteiger partial charge in [0.25, 0.3) is 0 Å². The van der Waals surface area contributed by atoms with Crippen LogP contribution in [0.1, 0.15) is 40.5 Å². The number of hydrogen-bond acceptors (Lipinski definition) is 1. The fourth-order valence-electron chi connectivity index (χ4n) is 2.21. The van der Waals surface area contributed by atoms with E-state index in [1.165, 1.54) is 25.9 Å². The van der Waals surface area contributed by atoms with Crippen LogP contribution in [0.3, 0.4) is 0 Å². The Morgan fingerprint density at radius 1 is 1.07 bits per heavy atom. The number of piperidine rings is 1. The Kier molecular flexibility index (Phi) is 4.72. The van der Waals surface area contributed by atoms with Gasteiger partial charge in [0.05, 0.1) is 0 Å². The third-order valence-electron chi connectivity index (χ3n) is 3.76. The lowest BCUT2D eigenvalue weighted by molar-refractivity contribution is 0.114. The molecule has 1 rings (SSSR count). The summed E-state index contributed by atoms with van der Waals surface area (Å²) in [5, 5.41) is 0.353. The Bertz CT molecular complexity index is 160. The van der Waals surface area contributed by atoms with E-state index in [1.807, 2.05) is 0 Å². The number of likely N-dealkylation sites (tertiary alicyclic amines) is 1. The van der Waals surface area contributed by atoms with Crippen molar-refractivity contribution in [2.45, 2.75) is 52.0 Å². The van der Waals surface area contributed by atoms with Crippen LogP contribution in [0.25, 0.3) is 0 Å². The van der Waals surface area contributed by atoms with Gasteiger partial charge in [-0.3, -0.25) is 0 Å². The zero-order chi connectivity index (χ0) is 10.7. The molecule has 0 N–H and O–H groups in total. The summed E-state index contributed by atoms with van der Waals surface area (Å²) in [6.07, 6.45) is 2.56. The van der Waals surface area contributed by atoms with Gasteiger partial charge >= 0.3 is 0 Å². The normalized spacial score (nSPS) is 25.3. The van der Waals surface area contributed by atoms with Crippen molar-refractivity contribution in [3.05, 3.63) is 0 Å². The summed E-state index contributed by atoms with van der Waals surface area (Å²) >= 11 is 6.13. The van der Waals surface area contributed by atoms with Crippen LogP contribution < -0.4 is 0 Å². The van der Waals surface area contributed by atoms with E-state index in [1.54, 1.807) is 0 Å². The summed E-state index contributed by atoms with van der Waals surface area (Å²) in [6.45, 7) is 11.6. The fraction of sp³-hybridized carbons (Fsp3) is 1.00. The molecule has 1 nitrogen and oxygen atoms in total. The van der Waals surface area contributed by atoms with Gasteiger partial charge in [0.1, 0.15) is 0 Å². The molecule has 84 valence electrons. The molecule has 2 heteroatoms. The molecule has 0 radical (unpaired) electrons. The second-order valence-corrected chi connectivity index (χ2v) is 5.72. The van der Waals surface area contributed by atoms with Crippen LogP contribution >= 0.6 is 11.6 Å². The minimum absolute atomic E-state index is 0.353. The molecule has 14 heavy (non-hydrogen) atoms. The molecule has 1 fully saturated rings. The number of halogens is 1. The minimum atomic E-state index is 0.353. The predicted octanol–water partition coefficient (Wildman–Crippen LogP) is 3.37. The highest BCUT2D eigenvalue weighted by atomic mass is 35.5. The zero-order valence-electron chi connectivity index (χ0n) is 9.96. The van der Waals surface area contributed by atoms with Crippen LogP contribution in [0.5, 0.6) is 0 Å². The van der Waals surface area contributed by atoms with Crippen molar-refractivity contribution in [1.29, 1.82) is 0 Å². The Hall–Kier alpha value is 0.250. The molecule has 0 spiro atoms. The van der Waals surface area contributed by atoms with E-state index in [2.05, 4.69) is 32.6 Å². The molecule has 0 aromatic heterocycles. The Labute approximate surface area is 93.8 Å². The second kappa shape index (κ2) is 5.37. The zero-order valence-corrected chi connectivity index (χ0v) is 10.7. The van der Waals surface area contributed by atoms with Gasteiger partial charge in [-0.2, -0.15) is 0 Å². The van der Waals surface area contributed by atoms with Crippen LogP contribution in [0.15, 0.2) is 0 Å². The summed E-state index contributed by atoms with van der Waals surface area (Å²) < 4.78 is 0. The predicted molar refractivity (Wildman–Crippen MR) is 63.9 cm³/mol. The minimum Gasteiger partial charge on any atom is -0.300 e. The molecule has 1 aliphatic heterocycles. The van der Waals surface area contributed by atoms with Gasteiger partial charge in [-0.15, -0.1) is 11.6 Å². The third-order valence-corrected chi connectivity index (χ3v) is 4.12. The lowest BCUT2D eigenvalue weighted by Crippen LogP contribution is -2.43. The van der Waals surface area contributed by atoms with E-state index in [0.29, 0.717) is 5.38 Å². The summed E-state index contributed by atoms with van der Waals surface area (Å²) in [7, 11) is 0. The monoisotopic (exact) mass is 217 g/mol. The number of alkyl halides is 1. The van der Waals surface area contributed by atoms with Crippen LogP contribution in [0, 0.1) is 11.8 Å². The average Bonchev–Trinajstić information content (AvgIpc) is 2.16. The molecule has 0 saturated carbocycles. The molecule has 2 atom stereocenters. The SMILES string of the molecule is CC(C)C(C)N1CCC(C(C)Cl)CC1. The van der Waals surface area contributed by atoms with Gasteiger partial charge in [-0.1, -0.05) is 13.8 Å². The number of nitrogens with zero attached hydrogens (tertiary/aromatic N) is 1. The first kappa shape index (κ1) is 12.3. The van der Waals surface area contributed by atoms with E-state index in [9.17, 15) is 0 Å². The second-order valence-electron chi connectivity index (χ2n) is 5.04. The molecular formula is C12H24ClN. The molecule has 1 heterocycles. The maximum Gasteiger partial charge on any atom is 0.0337 e. The first-order chi connectivity index (χ1) is 6.52. The topological polar surface area (TPSA) is 3.24 Å². The average molecular weight is 218 g/mol. The van der Waals surface area contributed by atoms with E-state index >= 15 is 0 Å². The van der Waals surface area contributed by atoms with Crippen molar-refractivity contribution in [3.63, 3.8) is 0 Å². The van der Waals surface area contributed by atoms with Crippen molar-refractivity contribution in [1.82, 2.24) is 4.90 Å². The summed E-state index contributed by atoms with van der Waals surface area (Å²) in [4.78, 5) is 2.61. The van der Waals surface area contributed by atoms with Gasteiger partial charge in [-0.25, -0.2) is 0 Å². The maximum absolute atomic E-state index is 6.13. The molecule has 0 amide bonds. The summed E-state index contributed by atoms with van der Waals surface area (Å²) in [5.41, 5.74) is 0. The van der Waals surface area contributed by atoms with E-state index < -0.39 is 0 Å². The van der Waals surface area contributed by atoms with E-state index in [4.69, 9.17) is 11.6 Å². The highest BCUT2D eigenvalue weighted by Crippen LogP contribution is 2.26. The highest BCUT2D eigenvalue weighted by Gasteiger charge is 2.26. The summed E-state index contributed by atoms with van der Waals surface area (Å²) in [6, 6.07) is 0.724. The van der Waals surface area contributed by atoms with Crippen molar-refractivity contribution in [3.8, 4) is 0 Å². The quantitative estimate of drug-likeness (QED) is 0.656. The molecule has 1 aliphatic rings. The molecule has 1 saturated heterocycles. The lowest BCUT2D eigenvalue weighted by Gasteiger charge is -2.38. The standard InChI is InChI=1S/C12H24ClN/c1-9(2)11(4)14-7-5-12(6-8-14)10(3)13/h9-12H,5-8H2,1-4H3. The van der Waals surface area contributed by atoms with Crippen LogP contribution in [0.2, 0.25) is 0 Å². The van der Waals surface area contributed by atoms with Gasteiger partial charge in [0.2, 0.25) is 0 Å². The maximum atomic E-state index is 6.13. The molecule has 2 unspecified atom stereocenters. The van der Waals surface area contributed by atoms with Crippen molar-refractivity contribution in [2.75, 3.05) is 13.1 Å². The summed E-state index contributed by atoms with van der Waals surface area (Å²) in [5.74, 6) is 1.51. The van der Waals surface area contributed by atoms with Gasteiger partial charge in [-0.05, 0) is 51.6 Å². The number of rotatable bonds is 3. The van der Waals surface area contributed by atoms with Gasteiger partial charge in [0, 0.05) is 11.4 Å². The van der Waals surface area contributed by atoms with Crippen LogP contribution in [-0.2, 0) is 0 Å². The Morgan fingerprint density at radius 3 is 1.93 bits per heavy atom. The highest BCUT2D eigenvalue weighted by molar-refractivity contribution is 6.20. The number of hydrogen-bond donors (Lipinski definition) is 0. The lowest BCUT2D eigenvalue weighted by atomic mass is 9.92. The molecule has 0 aromatic rings. The van der Waals surface area contributed by atoms with E-state index in [-0.39, 0.29) is 0 Å². The molecular weight excluding hydrogens is 194 g/mol. The molecule has 0 aliphatic carbocycles. The van der Waals surface area contributed by atoms with Crippen molar-refractivity contribution in [2.24, 2.45) is 11.8 Å². The van der Waals surface area contributed by atoms with E-state index in [0.717, 1.165) is 17.9 Å². The van der Waals surface area contributed by atoms with Gasteiger partial charge in [0.15, 0.2) is 0 Å². The first-order valence-corrected chi connectivity index (χ1v) is 6.34. The van der Waals surface area contributed by atoms with Crippen molar-refractivity contribution < 1.29 is 0 Å². The van der Waals surface area contributed by atoms with Crippen LogP contribution in [0.4, 0.5) is 0 Å².